The number of nitrogens with two attached hydrogens (primary N) is 1. The van der Waals surface area contributed by atoms with Gasteiger partial charge in [-0.15, -0.1) is 0 Å². The number of aromatic nitrogens is 2. The highest BCUT2D eigenvalue weighted by molar-refractivity contribution is 5.84. The fraction of sp³-hybridized carbons (Fsp3) is 0.188. The summed E-state index contributed by atoms with van der Waals surface area (Å²) >= 11 is 0. The monoisotopic (exact) mass is 267 g/mol. The fourth-order valence-corrected chi connectivity index (χ4v) is 2.67. The van der Waals surface area contributed by atoms with Crippen LogP contribution in [0.3, 0.4) is 0 Å². The van der Waals surface area contributed by atoms with Crippen LogP contribution in [0.25, 0.3) is 22.4 Å². The van der Waals surface area contributed by atoms with Crippen molar-refractivity contribution in [1.82, 2.24) is 9.55 Å². The molecule has 0 bridgehead atoms. The molecule has 4 rings (SSSR count). The van der Waals surface area contributed by atoms with Crippen LogP contribution in [0, 0.1) is 5.82 Å². The zero-order valence-electron chi connectivity index (χ0n) is 10.9. The second kappa shape index (κ2) is 4.07. The van der Waals surface area contributed by atoms with Gasteiger partial charge in [-0.3, -0.25) is 0 Å². The van der Waals surface area contributed by atoms with E-state index in [9.17, 15) is 4.39 Å². The van der Waals surface area contributed by atoms with E-state index >= 15 is 0 Å². The highest BCUT2D eigenvalue weighted by Crippen LogP contribution is 2.42. The molecule has 1 fully saturated rings. The predicted octanol–water partition coefficient (Wildman–Crippen LogP) is 3.76. The minimum absolute atomic E-state index is 0.171. The molecule has 3 nitrogen and oxygen atoms in total. The molecule has 1 aliphatic carbocycles. The van der Waals surface area contributed by atoms with Crippen LogP contribution in [-0.4, -0.2) is 9.55 Å². The standard InChI is InChI=1S/C16H14FN3/c17-12-5-3-4-11(15(12)18)16-19-13-6-1-2-7-14(13)20(16)10-8-9-10/h1-7,10H,8-9,18H2. The van der Waals surface area contributed by atoms with E-state index in [4.69, 9.17) is 5.73 Å². The van der Waals surface area contributed by atoms with Crippen molar-refractivity contribution in [1.29, 1.82) is 0 Å². The van der Waals surface area contributed by atoms with Gasteiger partial charge in [0.05, 0.1) is 16.7 Å². The van der Waals surface area contributed by atoms with Crippen molar-refractivity contribution in [2.24, 2.45) is 0 Å². The lowest BCUT2D eigenvalue weighted by Crippen LogP contribution is -2.01. The molecule has 0 atom stereocenters. The molecule has 0 spiro atoms. The summed E-state index contributed by atoms with van der Waals surface area (Å²) in [6.07, 6.45) is 2.28. The van der Waals surface area contributed by atoms with Crippen molar-refractivity contribution in [3.63, 3.8) is 0 Å². The number of anilines is 1. The van der Waals surface area contributed by atoms with E-state index in [0.717, 1.165) is 29.7 Å². The molecule has 1 heterocycles. The number of hydrogen-bond donors (Lipinski definition) is 1. The molecular weight excluding hydrogens is 253 g/mol. The molecule has 3 aromatic rings. The highest BCUT2D eigenvalue weighted by Gasteiger charge is 2.29. The van der Waals surface area contributed by atoms with Gasteiger partial charge in [-0.25, -0.2) is 9.37 Å². The van der Waals surface area contributed by atoms with Crippen LogP contribution in [-0.2, 0) is 0 Å². The molecule has 1 aromatic heterocycles. The summed E-state index contributed by atoms with van der Waals surface area (Å²) < 4.78 is 15.9. The van der Waals surface area contributed by atoms with Crippen LogP contribution in [0.4, 0.5) is 10.1 Å². The molecule has 2 N–H and O–H groups in total. The largest absolute Gasteiger partial charge is 0.396 e. The fourth-order valence-electron chi connectivity index (χ4n) is 2.67. The molecule has 0 radical (unpaired) electrons. The lowest BCUT2D eigenvalue weighted by Gasteiger charge is -2.10. The molecule has 0 saturated heterocycles. The number of fused-ring (bicyclic) bond motifs is 1. The van der Waals surface area contributed by atoms with E-state index in [1.165, 1.54) is 6.07 Å². The van der Waals surface area contributed by atoms with Crippen molar-refractivity contribution >= 4 is 16.7 Å². The second-order valence-electron chi connectivity index (χ2n) is 5.23. The Morgan fingerprint density at radius 2 is 1.90 bits per heavy atom. The van der Waals surface area contributed by atoms with Gasteiger partial charge in [0, 0.05) is 11.6 Å². The first-order valence-electron chi connectivity index (χ1n) is 6.77. The van der Waals surface area contributed by atoms with Gasteiger partial charge < -0.3 is 10.3 Å². The number of hydrogen-bond acceptors (Lipinski definition) is 2. The lowest BCUT2D eigenvalue weighted by atomic mass is 10.1. The number of halogens is 1. The van der Waals surface area contributed by atoms with Gasteiger partial charge in [-0.1, -0.05) is 18.2 Å². The number of rotatable bonds is 2. The van der Waals surface area contributed by atoms with Crippen molar-refractivity contribution in [3.8, 4) is 11.4 Å². The first-order valence-corrected chi connectivity index (χ1v) is 6.77. The molecule has 1 saturated carbocycles. The average Bonchev–Trinajstić information content (AvgIpc) is 3.22. The van der Waals surface area contributed by atoms with E-state index < -0.39 is 5.82 Å². The van der Waals surface area contributed by atoms with Crippen LogP contribution in [0.15, 0.2) is 42.5 Å². The predicted molar refractivity (Wildman–Crippen MR) is 77.8 cm³/mol. The third kappa shape index (κ3) is 1.61. The Kier molecular flexibility index (Phi) is 2.33. The van der Waals surface area contributed by atoms with E-state index in [2.05, 4.69) is 15.6 Å². The molecule has 4 heteroatoms. The lowest BCUT2D eigenvalue weighted by molar-refractivity contribution is 0.632. The van der Waals surface area contributed by atoms with Gasteiger partial charge in [0.15, 0.2) is 0 Å². The summed E-state index contributed by atoms with van der Waals surface area (Å²) in [6.45, 7) is 0. The van der Waals surface area contributed by atoms with E-state index in [1.807, 2.05) is 24.3 Å². The van der Waals surface area contributed by atoms with Gasteiger partial charge in [-0.2, -0.15) is 0 Å². The normalized spacial score (nSPS) is 14.8. The summed E-state index contributed by atoms with van der Waals surface area (Å²) in [5.74, 6) is 0.377. The number of nitrogens with zero attached hydrogens (tertiary/aromatic N) is 2. The first kappa shape index (κ1) is 11.5. The summed E-state index contributed by atoms with van der Waals surface area (Å²) in [5.41, 5.74) is 8.76. The molecule has 0 unspecified atom stereocenters. The Morgan fingerprint density at radius 1 is 1.10 bits per heavy atom. The van der Waals surface area contributed by atoms with Crippen LogP contribution in [0.2, 0.25) is 0 Å². The average molecular weight is 267 g/mol. The Morgan fingerprint density at radius 3 is 2.70 bits per heavy atom. The molecule has 1 aliphatic rings. The molecule has 0 amide bonds. The number of nitrogen functional groups attached to an aromatic ring is 1. The van der Waals surface area contributed by atoms with Gasteiger partial charge >= 0.3 is 0 Å². The van der Waals surface area contributed by atoms with Crippen molar-refractivity contribution in [2.45, 2.75) is 18.9 Å². The molecule has 20 heavy (non-hydrogen) atoms. The Balaban J connectivity index is 2.04. The molecule has 0 aliphatic heterocycles. The minimum Gasteiger partial charge on any atom is -0.396 e. The number of imidazole rings is 1. The summed E-state index contributed by atoms with van der Waals surface area (Å²) in [6, 6.07) is 13.3. The topological polar surface area (TPSA) is 43.8 Å². The van der Waals surface area contributed by atoms with Crippen LogP contribution in [0.1, 0.15) is 18.9 Å². The van der Waals surface area contributed by atoms with Crippen molar-refractivity contribution < 1.29 is 4.39 Å². The molecule has 2 aromatic carbocycles. The maximum absolute atomic E-state index is 13.7. The smallest absolute Gasteiger partial charge is 0.146 e. The number of benzene rings is 2. The van der Waals surface area contributed by atoms with Gasteiger partial charge in [0.25, 0.3) is 0 Å². The Labute approximate surface area is 115 Å². The summed E-state index contributed by atoms with van der Waals surface area (Å²) in [7, 11) is 0. The summed E-state index contributed by atoms with van der Waals surface area (Å²) in [5, 5.41) is 0. The third-order valence-electron chi connectivity index (χ3n) is 3.80. The highest BCUT2D eigenvalue weighted by atomic mass is 19.1. The quantitative estimate of drug-likeness (QED) is 0.718. The van der Waals surface area contributed by atoms with Gasteiger partial charge in [0.2, 0.25) is 0 Å². The van der Waals surface area contributed by atoms with Crippen molar-refractivity contribution in [3.05, 3.63) is 48.3 Å². The molecule has 100 valence electrons. The SMILES string of the molecule is Nc1c(F)cccc1-c1nc2ccccc2n1C1CC1. The molecular formula is C16H14FN3. The minimum atomic E-state index is -0.392. The first-order chi connectivity index (χ1) is 9.75. The van der Waals surface area contributed by atoms with Crippen LogP contribution < -0.4 is 5.73 Å². The van der Waals surface area contributed by atoms with Crippen LogP contribution >= 0.6 is 0 Å². The maximum atomic E-state index is 13.7. The van der Waals surface area contributed by atoms with Gasteiger partial charge in [-0.05, 0) is 37.1 Å². The maximum Gasteiger partial charge on any atom is 0.146 e. The third-order valence-corrected chi connectivity index (χ3v) is 3.80. The zero-order valence-corrected chi connectivity index (χ0v) is 10.9. The number of para-hydroxylation sites is 3. The van der Waals surface area contributed by atoms with Gasteiger partial charge in [0.1, 0.15) is 11.6 Å². The Bertz CT molecular complexity index is 803. The van der Waals surface area contributed by atoms with E-state index in [0.29, 0.717) is 11.6 Å². The Hall–Kier alpha value is -2.36. The summed E-state index contributed by atoms with van der Waals surface area (Å²) in [4.78, 5) is 4.66. The second-order valence-corrected chi connectivity index (χ2v) is 5.23. The van der Waals surface area contributed by atoms with Crippen LogP contribution in [0.5, 0.6) is 0 Å². The zero-order chi connectivity index (χ0) is 13.7. The van der Waals surface area contributed by atoms with E-state index in [-0.39, 0.29) is 5.69 Å². The van der Waals surface area contributed by atoms with E-state index in [1.54, 1.807) is 6.07 Å². The van der Waals surface area contributed by atoms with Crippen molar-refractivity contribution in [2.75, 3.05) is 5.73 Å².